The Morgan fingerprint density at radius 1 is 1.35 bits per heavy atom. The number of nitrogens with two attached hydrogens (primary N) is 1. The second-order valence-electron chi connectivity index (χ2n) is 6.73. The van der Waals surface area contributed by atoms with E-state index in [1.165, 1.54) is 10.9 Å². The lowest BCUT2D eigenvalue weighted by molar-refractivity contribution is -0.134. The molecule has 1 saturated heterocycles. The molecule has 1 aliphatic rings. The lowest BCUT2D eigenvalue weighted by Crippen LogP contribution is -2.52. The molecule has 1 fully saturated rings. The number of fused-ring (bicyclic) bond motifs is 1. The van der Waals surface area contributed by atoms with Crippen LogP contribution in [0.3, 0.4) is 0 Å². The summed E-state index contributed by atoms with van der Waals surface area (Å²) in [4.78, 5) is 29.2. The summed E-state index contributed by atoms with van der Waals surface area (Å²) in [5.41, 5.74) is 7.73. The summed E-state index contributed by atoms with van der Waals surface area (Å²) in [6, 6.07) is 7.16. The third-order valence-electron chi connectivity index (χ3n) is 5.09. The van der Waals surface area contributed by atoms with Crippen molar-refractivity contribution < 1.29 is 9.59 Å². The first kappa shape index (κ1) is 18.6. The number of rotatable bonds is 6. The van der Waals surface area contributed by atoms with Crippen molar-refractivity contribution in [2.45, 2.75) is 31.2 Å². The molecule has 0 radical (unpaired) electrons. The molecule has 1 unspecified atom stereocenters. The van der Waals surface area contributed by atoms with Gasteiger partial charge in [-0.3, -0.25) is 4.79 Å². The van der Waals surface area contributed by atoms with Crippen molar-refractivity contribution in [2.24, 2.45) is 5.73 Å². The Morgan fingerprint density at radius 2 is 2.08 bits per heavy atom. The average molecular weight is 375 g/mol. The summed E-state index contributed by atoms with van der Waals surface area (Å²) in [7, 11) is 0. The highest BCUT2D eigenvalue weighted by atomic mass is 32.2. The number of likely N-dealkylation sites (tertiary alicyclic amines) is 1. The van der Waals surface area contributed by atoms with Crippen LogP contribution >= 0.6 is 11.8 Å². The Morgan fingerprint density at radius 3 is 2.77 bits per heavy atom. The van der Waals surface area contributed by atoms with Crippen molar-refractivity contribution in [2.75, 3.05) is 25.1 Å². The fraction of sp³-hybridized carbons (Fsp3) is 0.474. The number of para-hydroxylation sites is 1. The van der Waals surface area contributed by atoms with Gasteiger partial charge in [0.25, 0.3) is 0 Å². The quantitative estimate of drug-likeness (QED) is 0.726. The minimum atomic E-state index is -0.641. The van der Waals surface area contributed by atoms with Gasteiger partial charge in [0, 0.05) is 30.2 Å². The van der Waals surface area contributed by atoms with Gasteiger partial charge >= 0.3 is 6.03 Å². The average Bonchev–Trinajstić information content (AvgIpc) is 3.08. The molecule has 3 rings (SSSR count). The molecule has 1 aromatic carbocycles. The number of piperidine rings is 1. The molecule has 0 bridgehead atoms. The second-order valence-corrected chi connectivity index (χ2v) is 7.72. The first-order chi connectivity index (χ1) is 12.6. The van der Waals surface area contributed by atoms with Crippen LogP contribution in [0, 0.1) is 0 Å². The van der Waals surface area contributed by atoms with Gasteiger partial charge in [-0.05, 0) is 48.8 Å². The number of primary amides is 1. The summed E-state index contributed by atoms with van der Waals surface area (Å²) in [6.07, 6.45) is 6.55. The highest BCUT2D eigenvalue weighted by molar-refractivity contribution is 7.98. The summed E-state index contributed by atoms with van der Waals surface area (Å²) >= 11 is 1.65. The number of benzene rings is 1. The van der Waals surface area contributed by atoms with Crippen LogP contribution in [0.1, 0.15) is 30.7 Å². The first-order valence-corrected chi connectivity index (χ1v) is 10.4. The largest absolute Gasteiger partial charge is 0.361 e. The van der Waals surface area contributed by atoms with E-state index in [1.54, 1.807) is 11.8 Å². The van der Waals surface area contributed by atoms with Crippen LogP contribution in [0.4, 0.5) is 4.79 Å². The number of amides is 3. The van der Waals surface area contributed by atoms with Gasteiger partial charge in [0.2, 0.25) is 5.91 Å². The molecule has 4 N–H and O–H groups in total. The van der Waals surface area contributed by atoms with Crippen LogP contribution in [-0.2, 0) is 4.79 Å². The lowest BCUT2D eigenvalue weighted by atomic mass is 9.89. The predicted octanol–water partition coefficient (Wildman–Crippen LogP) is 2.66. The van der Waals surface area contributed by atoms with E-state index in [1.807, 2.05) is 17.2 Å². The van der Waals surface area contributed by atoms with E-state index >= 15 is 0 Å². The number of nitrogens with zero attached hydrogens (tertiary/aromatic N) is 1. The molecule has 0 saturated carbocycles. The van der Waals surface area contributed by atoms with E-state index in [9.17, 15) is 9.59 Å². The fourth-order valence-corrected chi connectivity index (χ4v) is 4.20. The SMILES string of the molecule is CSCCC(NC(N)=O)C(=O)N1CCC(c2c[nH]c3ccccc23)CC1. The van der Waals surface area contributed by atoms with Crippen molar-refractivity contribution in [3.63, 3.8) is 0 Å². The van der Waals surface area contributed by atoms with E-state index in [2.05, 4.69) is 34.7 Å². The van der Waals surface area contributed by atoms with Crippen molar-refractivity contribution >= 4 is 34.6 Å². The van der Waals surface area contributed by atoms with Gasteiger partial charge in [-0.15, -0.1) is 0 Å². The van der Waals surface area contributed by atoms with Crippen molar-refractivity contribution in [1.82, 2.24) is 15.2 Å². The number of H-pyrrole nitrogens is 1. The number of thioether (sulfide) groups is 1. The zero-order chi connectivity index (χ0) is 18.5. The molecule has 1 aromatic heterocycles. The highest BCUT2D eigenvalue weighted by Crippen LogP contribution is 2.33. The number of urea groups is 1. The summed E-state index contributed by atoms with van der Waals surface area (Å²) < 4.78 is 0. The van der Waals surface area contributed by atoms with Crippen molar-refractivity contribution in [3.05, 3.63) is 36.0 Å². The van der Waals surface area contributed by atoms with E-state index in [-0.39, 0.29) is 5.91 Å². The molecule has 0 spiro atoms. The smallest absolute Gasteiger partial charge is 0.312 e. The molecule has 2 heterocycles. The maximum Gasteiger partial charge on any atom is 0.312 e. The topological polar surface area (TPSA) is 91.2 Å². The number of nitrogens with one attached hydrogen (secondary N) is 2. The van der Waals surface area contributed by atoms with Crippen LogP contribution in [-0.4, -0.2) is 53.0 Å². The van der Waals surface area contributed by atoms with Gasteiger partial charge in [-0.2, -0.15) is 11.8 Å². The molecule has 0 aliphatic carbocycles. The third-order valence-corrected chi connectivity index (χ3v) is 5.74. The zero-order valence-corrected chi connectivity index (χ0v) is 15.8. The van der Waals surface area contributed by atoms with Crippen molar-refractivity contribution in [1.29, 1.82) is 0 Å². The van der Waals surface area contributed by atoms with Gasteiger partial charge in [0.1, 0.15) is 6.04 Å². The molecule has 1 aliphatic heterocycles. The van der Waals surface area contributed by atoms with E-state index in [0.29, 0.717) is 25.4 Å². The minimum Gasteiger partial charge on any atom is -0.361 e. The Labute approximate surface area is 157 Å². The number of hydrogen-bond acceptors (Lipinski definition) is 3. The summed E-state index contributed by atoms with van der Waals surface area (Å²) in [5.74, 6) is 1.24. The van der Waals surface area contributed by atoms with Crippen LogP contribution in [0.15, 0.2) is 30.5 Å². The molecule has 26 heavy (non-hydrogen) atoms. The molecule has 6 nitrogen and oxygen atoms in total. The van der Waals surface area contributed by atoms with Crippen LogP contribution in [0.25, 0.3) is 10.9 Å². The molecule has 2 aromatic rings. The summed E-state index contributed by atoms with van der Waals surface area (Å²) in [5, 5.41) is 3.87. The van der Waals surface area contributed by atoms with E-state index in [0.717, 1.165) is 24.1 Å². The van der Waals surface area contributed by atoms with E-state index in [4.69, 9.17) is 5.73 Å². The minimum absolute atomic E-state index is 0.0183. The Bertz CT molecular complexity index is 768. The number of aromatic nitrogens is 1. The molecule has 7 heteroatoms. The zero-order valence-electron chi connectivity index (χ0n) is 15.0. The van der Waals surface area contributed by atoms with Crippen LogP contribution < -0.4 is 11.1 Å². The normalized spacial score (nSPS) is 16.6. The molecule has 140 valence electrons. The van der Waals surface area contributed by atoms with E-state index < -0.39 is 12.1 Å². The lowest BCUT2D eigenvalue weighted by Gasteiger charge is -2.34. The van der Waals surface area contributed by atoms with Gasteiger partial charge in [-0.25, -0.2) is 4.79 Å². The molecular formula is C19H26N4O2S. The molecule has 1 atom stereocenters. The van der Waals surface area contributed by atoms with Gasteiger partial charge in [0.05, 0.1) is 0 Å². The van der Waals surface area contributed by atoms with Crippen LogP contribution in [0.5, 0.6) is 0 Å². The maximum absolute atomic E-state index is 12.8. The number of carbonyl (C=O) groups excluding carboxylic acids is 2. The first-order valence-electron chi connectivity index (χ1n) is 9.00. The van der Waals surface area contributed by atoms with Gasteiger partial charge in [-0.1, -0.05) is 18.2 Å². The van der Waals surface area contributed by atoms with Crippen molar-refractivity contribution in [3.8, 4) is 0 Å². The Kier molecular flexibility index (Phi) is 6.08. The van der Waals surface area contributed by atoms with Gasteiger partial charge in [0.15, 0.2) is 0 Å². The number of hydrogen-bond donors (Lipinski definition) is 3. The Hall–Kier alpha value is -2.15. The molecular weight excluding hydrogens is 348 g/mol. The predicted molar refractivity (Wildman–Crippen MR) is 106 cm³/mol. The third kappa shape index (κ3) is 4.15. The monoisotopic (exact) mass is 374 g/mol. The Balaban J connectivity index is 1.63. The van der Waals surface area contributed by atoms with Gasteiger partial charge < -0.3 is 20.9 Å². The highest BCUT2D eigenvalue weighted by Gasteiger charge is 2.29. The summed E-state index contributed by atoms with van der Waals surface area (Å²) in [6.45, 7) is 1.42. The molecule has 3 amide bonds. The number of aromatic amines is 1. The second kappa shape index (κ2) is 8.49. The maximum atomic E-state index is 12.8. The standard InChI is InChI=1S/C19H26N4O2S/c1-26-11-8-17(22-19(20)25)18(24)23-9-6-13(7-10-23)15-12-21-16-5-3-2-4-14(15)16/h2-5,12-13,17,21H,6-11H2,1H3,(H3,20,22,25). The number of carbonyl (C=O) groups is 2. The fourth-order valence-electron chi connectivity index (χ4n) is 3.73. The van der Waals surface area contributed by atoms with Crippen LogP contribution in [0.2, 0.25) is 0 Å².